The summed E-state index contributed by atoms with van der Waals surface area (Å²) >= 11 is 7.03. The lowest BCUT2D eigenvalue weighted by molar-refractivity contribution is 0.630. The highest BCUT2D eigenvalue weighted by atomic mass is 32.1. The molecular weight excluding hydrogens is 444 g/mol. The number of rotatable bonds is 3. The summed E-state index contributed by atoms with van der Waals surface area (Å²) in [6.45, 7) is 1.84. The largest absolute Gasteiger partial charge is 0.325 e. The summed E-state index contributed by atoms with van der Waals surface area (Å²) in [6, 6.07) is 9.38. The molecule has 0 unspecified atom stereocenters. The van der Waals surface area contributed by atoms with E-state index in [1.54, 1.807) is 20.7 Å². The van der Waals surface area contributed by atoms with Crippen molar-refractivity contribution in [2.45, 2.75) is 32.6 Å². The van der Waals surface area contributed by atoms with Crippen LogP contribution in [-0.4, -0.2) is 24.1 Å². The van der Waals surface area contributed by atoms with Gasteiger partial charge < -0.3 is 5.32 Å². The minimum atomic E-state index is -0.229. The van der Waals surface area contributed by atoms with E-state index >= 15 is 0 Å². The molecule has 0 saturated heterocycles. The average molecular weight is 467 g/mol. The quantitative estimate of drug-likeness (QED) is 0.452. The van der Waals surface area contributed by atoms with Crippen LogP contribution < -0.4 is 21.9 Å². The molecule has 10 heteroatoms. The van der Waals surface area contributed by atoms with E-state index < -0.39 is 0 Å². The standard InChI is InChI=1S/C22H22N6O2S2/c1-13-18(21(30)28(26(13)2)14-8-4-3-5-9-14)24-22(31)25-27-12-23-19-17(20(27)29)15-10-6-7-11-16(15)32-19/h3-5,8-9,12H,6-7,10-11H2,1-2H3,(H2,24,25,31). The first-order valence-electron chi connectivity index (χ1n) is 10.4. The minimum Gasteiger partial charge on any atom is -0.325 e. The van der Waals surface area contributed by atoms with Gasteiger partial charge in [0.1, 0.15) is 16.8 Å². The van der Waals surface area contributed by atoms with Crippen LogP contribution in [0, 0.1) is 6.92 Å². The van der Waals surface area contributed by atoms with Gasteiger partial charge in [-0.3, -0.25) is 19.7 Å². The molecule has 0 aliphatic heterocycles. The third-order valence-corrected chi connectivity index (χ3v) is 7.28. The van der Waals surface area contributed by atoms with E-state index in [1.165, 1.54) is 15.9 Å². The van der Waals surface area contributed by atoms with Crippen molar-refractivity contribution < 1.29 is 0 Å². The highest BCUT2D eigenvalue weighted by Gasteiger charge is 2.21. The Balaban J connectivity index is 1.45. The molecule has 5 rings (SSSR count). The maximum absolute atomic E-state index is 13.1. The molecule has 1 aliphatic carbocycles. The molecule has 1 aliphatic rings. The molecule has 1 aromatic carbocycles. The summed E-state index contributed by atoms with van der Waals surface area (Å²) in [6.07, 6.45) is 5.59. The molecule has 0 radical (unpaired) electrons. The Bertz CT molecular complexity index is 1460. The molecule has 164 valence electrons. The summed E-state index contributed by atoms with van der Waals surface area (Å²) in [5.41, 5.74) is 5.42. The van der Waals surface area contributed by atoms with E-state index in [1.807, 2.05) is 44.3 Å². The van der Waals surface area contributed by atoms with Crippen molar-refractivity contribution in [1.29, 1.82) is 0 Å². The van der Waals surface area contributed by atoms with Crippen molar-refractivity contribution in [3.05, 3.63) is 73.5 Å². The smallest absolute Gasteiger partial charge is 0.295 e. The van der Waals surface area contributed by atoms with Crippen LogP contribution in [0.4, 0.5) is 5.69 Å². The molecule has 3 heterocycles. The third kappa shape index (κ3) is 3.35. The maximum Gasteiger partial charge on any atom is 0.295 e. The topological polar surface area (TPSA) is 85.9 Å². The van der Waals surface area contributed by atoms with E-state index in [0.717, 1.165) is 47.5 Å². The lowest BCUT2D eigenvalue weighted by atomic mass is 9.97. The van der Waals surface area contributed by atoms with Crippen molar-refractivity contribution >= 4 is 44.6 Å². The highest BCUT2D eigenvalue weighted by Crippen LogP contribution is 2.33. The number of thiophene rings is 1. The molecule has 0 bridgehead atoms. The van der Waals surface area contributed by atoms with Crippen LogP contribution in [-0.2, 0) is 19.9 Å². The van der Waals surface area contributed by atoms with Crippen LogP contribution in [0.1, 0.15) is 29.0 Å². The van der Waals surface area contributed by atoms with Gasteiger partial charge in [0, 0.05) is 11.9 Å². The molecule has 0 amide bonds. The van der Waals surface area contributed by atoms with Gasteiger partial charge in [-0.15, -0.1) is 11.3 Å². The number of nitrogens with one attached hydrogen (secondary N) is 2. The number of fused-ring (bicyclic) bond motifs is 3. The molecule has 4 aromatic rings. The van der Waals surface area contributed by atoms with Crippen LogP contribution in [0.3, 0.4) is 0 Å². The lowest BCUT2D eigenvalue weighted by Gasteiger charge is -2.12. The molecular formula is C22H22N6O2S2. The third-order valence-electron chi connectivity index (χ3n) is 5.89. The highest BCUT2D eigenvalue weighted by molar-refractivity contribution is 7.80. The average Bonchev–Trinajstić information content (AvgIpc) is 3.27. The second-order valence-corrected chi connectivity index (χ2v) is 9.31. The van der Waals surface area contributed by atoms with E-state index in [2.05, 4.69) is 15.7 Å². The molecule has 0 spiro atoms. The number of para-hydroxylation sites is 1. The SMILES string of the molecule is Cc1c(NC(=S)Nn2cnc3sc4c(c3c2=O)CCCC4)c(=O)n(-c2ccccc2)n1C. The summed E-state index contributed by atoms with van der Waals surface area (Å²) in [4.78, 5) is 32.7. The lowest BCUT2D eigenvalue weighted by Crippen LogP contribution is -2.36. The first-order valence-corrected chi connectivity index (χ1v) is 11.6. The van der Waals surface area contributed by atoms with Gasteiger partial charge in [-0.1, -0.05) is 18.2 Å². The van der Waals surface area contributed by atoms with Gasteiger partial charge in [-0.05, 0) is 62.5 Å². The molecule has 0 atom stereocenters. The molecule has 8 nitrogen and oxygen atoms in total. The van der Waals surface area contributed by atoms with E-state index in [-0.39, 0.29) is 16.2 Å². The monoisotopic (exact) mass is 466 g/mol. The van der Waals surface area contributed by atoms with Gasteiger partial charge in [0.25, 0.3) is 11.1 Å². The number of hydrogen-bond acceptors (Lipinski definition) is 5. The second-order valence-electron chi connectivity index (χ2n) is 7.81. The number of benzene rings is 1. The Morgan fingerprint density at radius 2 is 1.88 bits per heavy atom. The Hall–Kier alpha value is -3.24. The van der Waals surface area contributed by atoms with Gasteiger partial charge in [0.15, 0.2) is 5.11 Å². The van der Waals surface area contributed by atoms with E-state index in [9.17, 15) is 9.59 Å². The molecule has 32 heavy (non-hydrogen) atoms. The molecule has 0 fully saturated rings. The summed E-state index contributed by atoms with van der Waals surface area (Å²) in [5.74, 6) is 0. The van der Waals surface area contributed by atoms with Gasteiger partial charge >= 0.3 is 0 Å². The molecule has 3 aromatic heterocycles. The number of nitrogens with zero attached hydrogens (tertiary/aromatic N) is 4. The van der Waals surface area contributed by atoms with Gasteiger partial charge in [-0.2, -0.15) is 0 Å². The second kappa shape index (κ2) is 8.03. The predicted octanol–water partition coefficient (Wildman–Crippen LogP) is 3.08. The summed E-state index contributed by atoms with van der Waals surface area (Å²) in [5, 5.41) is 3.78. The van der Waals surface area contributed by atoms with Crippen LogP contribution in [0.2, 0.25) is 0 Å². The maximum atomic E-state index is 13.1. The number of thiocarbonyl (C=S) groups is 1. The van der Waals surface area contributed by atoms with Gasteiger partial charge in [0.2, 0.25) is 0 Å². The van der Waals surface area contributed by atoms with Crippen molar-refractivity contribution in [1.82, 2.24) is 19.0 Å². The van der Waals surface area contributed by atoms with Gasteiger partial charge in [-0.25, -0.2) is 14.3 Å². The Labute approximate surface area is 193 Å². The summed E-state index contributed by atoms with van der Waals surface area (Å²) in [7, 11) is 1.81. The summed E-state index contributed by atoms with van der Waals surface area (Å²) < 4.78 is 4.62. The normalized spacial score (nSPS) is 13.2. The zero-order chi connectivity index (χ0) is 22.4. The molecule has 0 saturated carbocycles. The Morgan fingerprint density at radius 3 is 2.66 bits per heavy atom. The number of aromatic nitrogens is 4. The first-order chi connectivity index (χ1) is 15.5. The van der Waals surface area contributed by atoms with Crippen LogP contribution in [0.15, 0.2) is 46.2 Å². The van der Waals surface area contributed by atoms with E-state index in [0.29, 0.717) is 11.1 Å². The predicted molar refractivity (Wildman–Crippen MR) is 132 cm³/mol. The van der Waals surface area contributed by atoms with Crippen molar-refractivity contribution in [3.8, 4) is 5.69 Å². The Morgan fingerprint density at radius 1 is 1.12 bits per heavy atom. The van der Waals surface area contributed by atoms with E-state index in [4.69, 9.17) is 12.2 Å². The fraction of sp³-hybridized carbons (Fsp3) is 0.273. The van der Waals surface area contributed by atoms with Crippen LogP contribution in [0.25, 0.3) is 15.9 Å². The number of anilines is 1. The molecule has 2 N–H and O–H groups in total. The Kier molecular flexibility index (Phi) is 5.18. The number of aryl methyl sites for hydroxylation is 2. The first kappa shape index (κ1) is 20.7. The van der Waals surface area contributed by atoms with Crippen LogP contribution in [0.5, 0.6) is 0 Å². The van der Waals surface area contributed by atoms with Crippen molar-refractivity contribution in [2.24, 2.45) is 7.05 Å². The fourth-order valence-corrected chi connectivity index (χ4v) is 5.61. The van der Waals surface area contributed by atoms with Crippen LogP contribution >= 0.6 is 23.6 Å². The van der Waals surface area contributed by atoms with Crippen molar-refractivity contribution in [3.63, 3.8) is 0 Å². The van der Waals surface area contributed by atoms with Gasteiger partial charge in [0.05, 0.1) is 16.8 Å². The zero-order valence-corrected chi connectivity index (χ0v) is 19.3. The minimum absolute atomic E-state index is 0.142. The van der Waals surface area contributed by atoms with Crippen molar-refractivity contribution in [2.75, 3.05) is 10.7 Å². The number of hydrogen-bond donors (Lipinski definition) is 2. The fourth-order valence-electron chi connectivity index (χ4n) is 4.19. The zero-order valence-electron chi connectivity index (χ0n) is 17.7.